The molecular weight excluding hydrogens is 270 g/mol. The molecule has 1 unspecified atom stereocenters. The van der Waals surface area contributed by atoms with Crippen LogP contribution in [0.5, 0.6) is 0 Å². The molecule has 2 amide bonds. The minimum absolute atomic E-state index is 0.0893. The highest BCUT2D eigenvalue weighted by Crippen LogP contribution is 2.40. The molecule has 0 aromatic carbocycles. The van der Waals surface area contributed by atoms with Crippen LogP contribution in [0.4, 0.5) is 9.93 Å². The van der Waals surface area contributed by atoms with Crippen molar-refractivity contribution in [3.8, 4) is 0 Å². The Balaban J connectivity index is 1.86. The van der Waals surface area contributed by atoms with Crippen molar-refractivity contribution in [2.75, 3.05) is 19.0 Å². The summed E-state index contributed by atoms with van der Waals surface area (Å²) >= 11 is 1.33. The van der Waals surface area contributed by atoms with Crippen molar-refractivity contribution < 1.29 is 19.4 Å². The van der Waals surface area contributed by atoms with Crippen LogP contribution in [-0.4, -0.2) is 41.8 Å². The molecular formula is C11H15N3O4S. The summed E-state index contributed by atoms with van der Waals surface area (Å²) in [5.74, 6) is -0.620. The first kappa shape index (κ1) is 13.8. The predicted molar refractivity (Wildman–Crippen MR) is 69.5 cm³/mol. The van der Waals surface area contributed by atoms with Crippen LogP contribution in [0.15, 0.2) is 5.38 Å². The van der Waals surface area contributed by atoms with E-state index in [0.29, 0.717) is 11.0 Å². The molecule has 7 nitrogen and oxygen atoms in total. The number of carboxylic acids is 1. The normalized spacial score (nSPS) is 15.8. The number of carbonyl (C=O) groups excluding carboxylic acids is 1. The summed E-state index contributed by atoms with van der Waals surface area (Å²) in [5.41, 5.74) is 0.993. The summed E-state index contributed by atoms with van der Waals surface area (Å²) in [7, 11) is 1.37. The molecule has 0 spiro atoms. The second kappa shape index (κ2) is 5.98. The number of rotatable bonds is 6. The molecule has 3 N–H and O–H groups in total. The lowest BCUT2D eigenvalue weighted by atomic mass is 10.3. The van der Waals surface area contributed by atoms with Crippen molar-refractivity contribution >= 4 is 28.5 Å². The first-order valence-electron chi connectivity index (χ1n) is 5.85. The van der Waals surface area contributed by atoms with Gasteiger partial charge < -0.3 is 15.2 Å². The molecule has 19 heavy (non-hydrogen) atoms. The topological polar surface area (TPSA) is 101 Å². The second-order valence-electron chi connectivity index (χ2n) is 4.30. The molecule has 0 saturated heterocycles. The fourth-order valence-corrected chi connectivity index (χ4v) is 2.33. The zero-order valence-electron chi connectivity index (χ0n) is 10.4. The van der Waals surface area contributed by atoms with Crippen molar-refractivity contribution in [1.29, 1.82) is 0 Å². The number of carboxylic acid groups (broad SMARTS) is 1. The monoisotopic (exact) mass is 285 g/mol. The van der Waals surface area contributed by atoms with Crippen LogP contribution in [0.1, 0.15) is 24.5 Å². The molecule has 1 aromatic rings. The van der Waals surface area contributed by atoms with Gasteiger partial charge in [0.05, 0.1) is 12.3 Å². The van der Waals surface area contributed by atoms with E-state index in [-0.39, 0.29) is 6.61 Å². The number of thiazole rings is 1. The Labute approximate surface area is 114 Å². The van der Waals surface area contributed by atoms with E-state index in [1.807, 2.05) is 5.38 Å². The van der Waals surface area contributed by atoms with Crippen molar-refractivity contribution in [3.63, 3.8) is 0 Å². The number of aliphatic carboxylic acids is 1. The SMILES string of the molecule is COCC(NC(=O)Nc1nc(C2CC2)cs1)C(=O)O. The Kier molecular flexibility index (Phi) is 4.33. The minimum atomic E-state index is -1.14. The maximum absolute atomic E-state index is 11.6. The maximum atomic E-state index is 11.6. The summed E-state index contributed by atoms with van der Waals surface area (Å²) in [5, 5.41) is 16.1. The fraction of sp³-hybridized carbons (Fsp3) is 0.545. The Morgan fingerprint density at radius 3 is 2.95 bits per heavy atom. The first-order chi connectivity index (χ1) is 9.10. The number of ether oxygens (including phenoxy) is 1. The summed E-state index contributed by atoms with van der Waals surface area (Å²) < 4.78 is 4.72. The second-order valence-corrected chi connectivity index (χ2v) is 5.15. The number of hydrogen-bond acceptors (Lipinski definition) is 5. The number of anilines is 1. The Morgan fingerprint density at radius 1 is 1.63 bits per heavy atom. The van der Waals surface area contributed by atoms with Gasteiger partial charge in [0.15, 0.2) is 11.2 Å². The van der Waals surface area contributed by atoms with E-state index >= 15 is 0 Å². The molecule has 0 bridgehead atoms. The van der Waals surface area contributed by atoms with Gasteiger partial charge in [-0.25, -0.2) is 14.6 Å². The number of aromatic nitrogens is 1. The highest BCUT2D eigenvalue weighted by molar-refractivity contribution is 7.13. The van der Waals surface area contributed by atoms with E-state index in [2.05, 4.69) is 15.6 Å². The van der Waals surface area contributed by atoms with E-state index in [0.717, 1.165) is 18.5 Å². The van der Waals surface area contributed by atoms with E-state index in [1.165, 1.54) is 18.4 Å². The predicted octanol–water partition coefficient (Wildman–Crippen LogP) is 1.24. The van der Waals surface area contributed by atoms with Gasteiger partial charge in [0.2, 0.25) is 0 Å². The van der Waals surface area contributed by atoms with Gasteiger partial charge in [-0.1, -0.05) is 0 Å². The smallest absolute Gasteiger partial charge is 0.328 e. The van der Waals surface area contributed by atoms with Crippen LogP contribution in [0.3, 0.4) is 0 Å². The number of nitrogens with zero attached hydrogens (tertiary/aromatic N) is 1. The molecule has 1 atom stereocenters. The summed E-state index contributed by atoms with van der Waals surface area (Å²) in [6, 6.07) is -1.67. The standard InChI is InChI=1S/C11H15N3O4S/c1-18-4-7(9(15)16)12-10(17)14-11-13-8(5-19-11)6-2-3-6/h5-7H,2-4H2,1H3,(H,15,16)(H2,12,13,14,17). The van der Waals surface area contributed by atoms with Gasteiger partial charge in [0, 0.05) is 18.4 Å². The highest BCUT2D eigenvalue weighted by Gasteiger charge is 2.26. The van der Waals surface area contributed by atoms with Crippen molar-refractivity contribution in [2.45, 2.75) is 24.8 Å². The Morgan fingerprint density at radius 2 is 2.37 bits per heavy atom. The van der Waals surface area contributed by atoms with Crippen LogP contribution in [-0.2, 0) is 9.53 Å². The van der Waals surface area contributed by atoms with Gasteiger partial charge in [0.1, 0.15) is 0 Å². The molecule has 1 saturated carbocycles. The minimum Gasteiger partial charge on any atom is -0.480 e. The van der Waals surface area contributed by atoms with Gasteiger partial charge in [0.25, 0.3) is 0 Å². The molecule has 1 fully saturated rings. The van der Waals surface area contributed by atoms with Gasteiger partial charge in [-0.05, 0) is 12.8 Å². The molecule has 2 rings (SSSR count). The molecule has 1 aromatic heterocycles. The largest absolute Gasteiger partial charge is 0.480 e. The molecule has 0 aliphatic heterocycles. The number of nitrogens with one attached hydrogen (secondary N) is 2. The number of hydrogen-bond donors (Lipinski definition) is 3. The van der Waals surface area contributed by atoms with Crippen LogP contribution < -0.4 is 10.6 Å². The number of methoxy groups -OCH3 is 1. The van der Waals surface area contributed by atoms with Crippen LogP contribution in [0.2, 0.25) is 0 Å². The lowest BCUT2D eigenvalue weighted by Crippen LogP contribution is -2.45. The molecule has 0 radical (unpaired) electrons. The highest BCUT2D eigenvalue weighted by atomic mass is 32.1. The number of urea groups is 1. The van der Waals surface area contributed by atoms with Crippen LogP contribution in [0.25, 0.3) is 0 Å². The first-order valence-corrected chi connectivity index (χ1v) is 6.72. The fourth-order valence-electron chi connectivity index (χ4n) is 1.54. The van der Waals surface area contributed by atoms with E-state index < -0.39 is 18.0 Å². The molecule has 104 valence electrons. The average Bonchev–Trinajstić information content (AvgIpc) is 3.10. The third-order valence-corrected chi connectivity index (χ3v) is 3.45. The van der Waals surface area contributed by atoms with E-state index in [1.54, 1.807) is 0 Å². The summed E-state index contributed by atoms with van der Waals surface area (Å²) in [4.78, 5) is 26.7. The lowest BCUT2D eigenvalue weighted by molar-refractivity contribution is -0.140. The average molecular weight is 285 g/mol. The maximum Gasteiger partial charge on any atom is 0.328 e. The Hall–Kier alpha value is -1.67. The lowest BCUT2D eigenvalue weighted by Gasteiger charge is -2.13. The molecule has 8 heteroatoms. The number of carbonyl (C=O) groups is 2. The zero-order chi connectivity index (χ0) is 13.8. The summed E-state index contributed by atoms with van der Waals surface area (Å²) in [6.07, 6.45) is 2.29. The zero-order valence-corrected chi connectivity index (χ0v) is 11.2. The number of amides is 2. The summed E-state index contributed by atoms with van der Waals surface area (Å²) in [6.45, 7) is -0.0893. The Bertz CT molecular complexity index is 472. The third kappa shape index (κ3) is 3.90. The van der Waals surface area contributed by atoms with Crippen LogP contribution >= 0.6 is 11.3 Å². The van der Waals surface area contributed by atoms with Crippen molar-refractivity contribution in [3.05, 3.63) is 11.1 Å². The van der Waals surface area contributed by atoms with E-state index in [4.69, 9.17) is 9.84 Å². The van der Waals surface area contributed by atoms with Gasteiger partial charge in [-0.3, -0.25) is 5.32 Å². The van der Waals surface area contributed by atoms with Crippen molar-refractivity contribution in [2.24, 2.45) is 0 Å². The van der Waals surface area contributed by atoms with Crippen LogP contribution in [0, 0.1) is 0 Å². The third-order valence-electron chi connectivity index (χ3n) is 2.67. The van der Waals surface area contributed by atoms with Gasteiger partial charge in [-0.15, -0.1) is 11.3 Å². The molecule has 1 aliphatic carbocycles. The quantitative estimate of drug-likeness (QED) is 0.730. The van der Waals surface area contributed by atoms with E-state index in [9.17, 15) is 9.59 Å². The molecule has 1 heterocycles. The van der Waals surface area contributed by atoms with Gasteiger partial charge in [-0.2, -0.15) is 0 Å². The van der Waals surface area contributed by atoms with Gasteiger partial charge >= 0.3 is 12.0 Å². The van der Waals surface area contributed by atoms with Crippen molar-refractivity contribution in [1.82, 2.24) is 10.3 Å². The molecule has 1 aliphatic rings.